The van der Waals surface area contributed by atoms with Crippen LogP contribution in [0.1, 0.15) is 5.56 Å². The minimum Gasteiger partial charge on any atom is -0.370 e. The summed E-state index contributed by atoms with van der Waals surface area (Å²) in [6, 6.07) is 3.90. The molecule has 0 atom stereocenters. The van der Waals surface area contributed by atoms with E-state index in [0.717, 1.165) is 6.42 Å². The van der Waals surface area contributed by atoms with E-state index >= 15 is 0 Å². The molecule has 1 aromatic rings. The summed E-state index contributed by atoms with van der Waals surface area (Å²) in [5, 5.41) is 0. The van der Waals surface area contributed by atoms with Gasteiger partial charge in [0, 0.05) is 32.5 Å². The van der Waals surface area contributed by atoms with Gasteiger partial charge in [-0.05, 0) is 24.1 Å². The number of pyridine rings is 1. The van der Waals surface area contributed by atoms with E-state index in [-0.39, 0.29) is 12.5 Å². The average molecular weight is 237 g/mol. The molecule has 0 aliphatic rings. The van der Waals surface area contributed by atoms with Crippen LogP contribution < -0.4 is 5.73 Å². The fourth-order valence-corrected chi connectivity index (χ4v) is 1.32. The molecule has 0 saturated carbocycles. The zero-order valence-electron chi connectivity index (χ0n) is 10.1. The third-order valence-corrected chi connectivity index (χ3v) is 2.40. The number of carbonyl (C=O) groups is 1. The van der Waals surface area contributed by atoms with Gasteiger partial charge in [-0.15, -0.1) is 0 Å². The predicted octanol–water partition coefficient (Wildman–Crippen LogP) is 0.0578. The Morgan fingerprint density at radius 2 is 2.18 bits per heavy atom. The molecule has 1 aromatic heterocycles. The SMILES string of the molecule is CN(CCc1ccncc1)C(=O)COCCN. The topological polar surface area (TPSA) is 68.5 Å². The van der Waals surface area contributed by atoms with E-state index in [1.54, 1.807) is 24.3 Å². The lowest BCUT2D eigenvalue weighted by molar-refractivity contribution is -0.134. The normalized spacial score (nSPS) is 10.2. The fourth-order valence-electron chi connectivity index (χ4n) is 1.32. The van der Waals surface area contributed by atoms with E-state index in [4.69, 9.17) is 10.5 Å². The molecular formula is C12H19N3O2. The molecule has 5 heteroatoms. The molecule has 0 spiro atoms. The molecule has 1 heterocycles. The summed E-state index contributed by atoms with van der Waals surface area (Å²) in [4.78, 5) is 17.2. The van der Waals surface area contributed by atoms with Crippen LogP contribution >= 0.6 is 0 Å². The number of carbonyl (C=O) groups excluding carboxylic acids is 1. The van der Waals surface area contributed by atoms with Gasteiger partial charge in [-0.1, -0.05) is 0 Å². The van der Waals surface area contributed by atoms with E-state index in [0.29, 0.717) is 19.7 Å². The van der Waals surface area contributed by atoms with Crippen molar-refractivity contribution in [2.24, 2.45) is 5.73 Å². The highest BCUT2D eigenvalue weighted by molar-refractivity contribution is 5.77. The molecule has 0 fully saturated rings. The fraction of sp³-hybridized carbons (Fsp3) is 0.500. The summed E-state index contributed by atoms with van der Waals surface area (Å²) in [6.07, 6.45) is 4.32. The van der Waals surface area contributed by atoms with E-state index in [1.165, 1.54) is 5.56 Å². The van der Waals surface area contributed by atoms with Gasteiger partial charge in [0.2, 0.25) is 5.91 Å². The minimum absolute atomic E-state index is 0.0208. The lowest BCUT2D eigenvalue weighted by atomic mass is 10.2. The third kappa shape index (κ3) is 5.42. The second-order valence-electron chi connectivity index (χ2n) is 3.76. The van der Waals surface area contributed by atoms with E-state index in [1.807, 2.05) is 12.1 Å². The lowest BCUT2D eigenvalue weighted by Gasteiger charge is -2.17. The van der Waals surface area contributed by atoms with Gasteiger partial charge < -0.3 is 15.4 Å². The predicted molar refractivity (Wildman–Crippen MR) is 65.5 cm³/mol. The van der Waals surface area contributed by atoms with Crippen molar-refractivity contribution in [3.63, 3.8) is 0 Å². The van der Waals surface area contributed by atoms with Crippen LogP contribution in [-0.2, 0) is 16.0 Å². The Labute approximate surface area is 102 Å². The highest BCUT2D eigenvalue weighted by Gasteiger charge is 2.08. The second-order valence-corrected chi connectivity index (χ2v) is 3.76. The number of rotatable bonds is 7. The number of ether oxygens (including phenoxy) is 1. The summed E-state index contributed by atoms with van der Waals surface area (Å²) < 4.78 is 5.09. The summed E-state index contributed by atoms with van der Waals surface area (Å²) >= 11 is 0. The van der Waals surface area contributed by atoms with Crippen LogP contribution in [0.15, 0.2) is 24.5 Å². The Morgan fingerprint density at radius 3 is 2.82 bits per heavy atom. The second kappa shape index (κ2) is 7.76. The first-order valence-corrected chi connectivity index (χ1v) is 5.64. The summed E-state index contributed by atoms with van der Waals surface area (Å²) in [7, 11) is 1.77. The zero-order valence-corrected chi connectivity index (χ0v) is 10.1. The number of aromatic nitrogens is 1. The molecule has 0 radical (unpaired) electrons. The number of hydrogen-bond acceptors (Lipinski definition) is 4. The number of nitrogens with zero attached hydrogens (tertiary/aromatic N) is 2. The zero-order chi connectivity index (χ0) is 12.5. The number of nitrogens with two attached hydrogens (primary N) is 1. The highest BCUT2D eigenvalue weighted by atomic mass is 16.5. The van der Waals surface area contributed by atoms with Crippen molar-refractivity contribution in [2.45, 2.75) is 6.42 Å². The summed E-state index contributed by atoms with van der Waals surface area (Å²) in [5.74, 6) is -0.0208. The Balaban J connectivity index is 2.24. The monoisotopic (exact) mass is 237 g/mol. The van der Waals surface area contributed by atoms with Crippen LogP contribution in [0, 0.1) is 0 Å². The quantitative estimate of drug-likeness (QED) is 0.681. The highest BCUT2D eigenvalue weighted by Crippen LogP contribution is 1.99. The van der Waals surface area contributed by atoms with Crippen LogP contribution in [0.25, 0.3) is 0 Å². The first-order chi connectivity index (χ1) is 8.24. The molecule has 1 amide bonds. The molecule has 94 valence electrons. The Kier molecular flexibility index (Phi) is 6.21. The smallest absolute Gasteiger partial charge is 0.248 e. The van der Waals surface area contributed by atoms with Gasteiger partial charge in [0.15, 0.2) is 0 Å². The van der Waals surface area contributed by atoms with Crippen LogP contribution in [0.2, 0.25) is 0 Å². The van der Waals surface area contributed by atoms with Crippen molar-refractivity contribution in [1.82, 2.24) is 9.88 Å². The molecule has 0 saturated heterocycles. The Hall–Kier alpha value is -1.46. The first kappa shape index (κ1) is 13.6. The van der Waals surface area contributed by atoms with Crippen molar-refractivity contribution in [1.29, 1.82) is 0 Å². The minimum atomic E-state index is -0.0208. The summed E-state index contributed by atoms with van der Waals surface area (Å²) in [6.45, 7) is 1.64. The number of likely N-dealkylation sites (N-methyl/N-ethyl adjacent to an activating group) is 1. The average Bonchev–Trinajstić information content (AvgIpc) is 2.37. The molecule has 1 rings (SSSR count). The molecule has 0 aromatic carbocycles. The molecule has 0 bridgehead atoms. The van der Waals surface area contributed by atoms with Crippen LogP contribution in [-0.4, -0.2) is 49.1 Å². The Bertz CT molecular complexity index is 330. The van der Waals surface area contributed by atoms with Crippen molar-refractivity contribution >= 4 is 5.91 Å². The molecular weight excluding hydrogens is 218 g/mol. The maximum absolute atomic E-state index is 11.6. The lowest BCUT2D eigenvalue weighted by Crippen LogP contribution is -2.32. The van der Waals surface area contributed by atoms with E-state index in [2.05, 4.69) is 4.98 Å². The Morgan fingerprint density at radius 1 is 1.47 bits per heavy atom. The van der Waals surface area contributed by atoms with Gasteiger partial charge in [0.1, 0.15) is 6.61 Å². The first-order valence-electron chi connectivity index (χ1n) is 5.64. The molecule has 17 heavy (non-hydrogen) atoms. The number of hydrogen-bond donors (Lipinski definition) is 1. The maximum Gasteiger partial charge on any atom is 0.248 e. The van der Waals surface area contributed by atoms with Gasteiger partial charge in [0.05, 0.1) is 6.61 Å². The van der Waals surface area contributed by atoms with Gasteiger partial charge in [-0.3, -0.25) is 9.78 Å². The molecule has 0 aliphatic carbocycles. The molecule has 0 aliphatic heterocycles. The third-order valence-electron chi connectivity index (χ3n) is 2.40. The largest absolute Gasteiger partial charge is 0.370 e. The standard InChI is InChI=1S/C12H19N3O2/c1-15(12(16)10-17-9-5-13)8-4-11-2-6-14-7-3-11/h2-3,6-7H,4-5,8-10,13H2,1H3. The van der Waals surface area contributed by atoms with E-state index < -0.39 is 0 Å². The van der Waals surface area contributed by atoms with Crippen molar-refractivity contribution in [2.75, 3.05) is 33.4 Å². The van der Waals surface area contributed by atoms with Crippen LogP contribution in [0.4, 0.5) is 0 Å². The molecule has 2 N–H and O–H groups in total. The molecule has 0 unspecified atom stereocenters. The van der Waals surface area contributed by atoms with Crippen molar-refractivity contribution < 1.29 is 9.53 Å². The molecule has 5 nitrogen and oxygen atoms in total. The van der Waals surface area contributed by atoms with Gasteiger partial charge in [-0.25, -0.2) is 0 Å². The van der Waals surface area contributed by atoms with Gasteiger partial charge in [-0.2, -0.15) is 0 Å². The van der Waals surface area contributed by atoms with E-state index in [9.17, 15) is 4.79 Å². The van der Waals surface area contributed by atoms with Gasteiger partial charge in [0.25, 0.3) is 0 Å². The van der Waals surface area contributed by atoms with Gasteiger partial charge >= 0.3 is 0 Å². The van der Waals surface area contributed by atoms with Crippen molar-refractivity contribution in [3.8, 4) is 0 Å². The summed E-state index contributed by atoms with van der Waals surface area (Å²) in [5.41, 5.74) is 6.44. The number of amides is 1. The van der Waals surface area contributed by atoms with Crippen molar-refractivity contribution in [3.05, 3.63) is 30.1 Å². The van der Waals surface area contributed by atoms with Crippen LogP contribution in [0.3, 0.4) is 0 Å². The van der Waals surface area contributed by atoms with Crippen LogP contribution in [0.5, 0.6) is 0 Å². The maximum atomic E-state index is 11.6.